The number of urea groups is 1. The van der Waals surface area contributed by atoms with Crippen LogP contribution in [0.3, 0.4) is 0 Å². The van der Waals surface area contributed by atoms with E-state index in [1.807, 2.05) is 0 Å². The van der Waals surface area contributed by atoms with Gasteiger partial charge in [0.1, 0.15) is 12.0 Å². The van der Waals surface area contributed by atoms with Crippen molar-refractivity contribution in [2.75, 3.05) is 31.5 Å². The fourth-order valence-corrected chi connectivity index (χ4v) is 5.00. The second kappa shape index (κ2) is 10.0. The molecule has 4 amide bonds. The molecule has 5 rings (SSSR count). The Morgan fingerprint density at radius 3 is 2.39 bits per heavy atom. The molecule has 0 saturated carbocycles. The third-order valence-corrected chi connectivity index (χ3v) is 7.23. The largest absolute Gasteiger partial charge is 0.479 e. The zero-order chi connectivity index (χ0) is 25.2. The molecule has 0 radical (unpaired) electrons. The normalized spacial score (nSPS) is 20.8. The highest BCUT2D eigenvalue weighted by Gasteiger charge is 2.31. The van der Waals surface area contributed by atoms with Crippen molar-refractivity contribution in [2.45, 2.75) is 44.8 Å². The first-order chi connectivity index (χ1) is 17.4. The van der Waals surface area contributed by atoms with Crippen molar-refractivity contribution in [1.82, 2.24) is 15.1 Å². The van der Waals surface area contributed by atoms with Crippen LogP contribution in [0.15, 0.2) is 41.2 Å². The maximum absolute atomic E-state index is 13.1. The molecule has 1 aromatic carbocycles. The molecular formula is C26H30N4O6. The number of likely N-dealkylation sites (tertiary alicyclic amines) is 2. The van der Waals surface area contributed by atoms with Gasteiger partial charge in [-0.3, -0.25) is 14.4 Å². The van der Waals surface area contributed by atoms with E-state index in [1.165, 1.54) is 12.5 Å². The first kappa shape index (κ1) is 23.9. The quantitative estimate of drug-likeness (QED) is 0.631. The number of hydrogen-bond donors (Lipinski definition) is 2. The van der Waals surface area contributed by atoms with Crippen LogP contribution in [-0.4, -0.2) is 71.8 Å². The van der Waals surface area contributed by atoms with E-state index >= 15 is 0 Å². The molecule has 2 fully saturated rings. The Labute approximate surface area is 208 Å². The fourth-order valence-electron chi connectivity index (χ4n) is 5.00. The fraction of sp³-hybridized carbons (Fsp3) is 0.462. The predicted molar refractivity (Wildman–Crippen MR) is 130 cm³/mol. The molecule has 0 aliphatic carbocycles. The Kier molecular flexibility index (Phi) is 6.67. The van der Waals surface area contributed by atoms with Crippen LogP contribution in [0.25, 0.3) is 0 Å². The summed E-state index contributed by atoms with van der Waals surface area (Å²) in [5, 5.41) is 5.87. The van der Waals surface area contributed by atoms with Crippen molar-refractivity contribution >= 4 is 29.3 Å². The number of ketones is 1. The molecule has 0 bridgehead atoms. The monoisotopic (exact) mass is 494 g/mol. The van der Waals surface area contributed by atoms with E-state index < -0.39 is 6.10 Å². The minimum atomic E-state index is -0.563. The number of anilines is 1. The molecule has 2 N–H and O–H groups in total. The number of nitrogens with one attached hydrogen (secondary N) is 2. The van der Waals surface area contributed by atoms with Crippen molar-refractivity contribution in [3.05, 3.63) is 47.9 Å². The predicted octanol–water partition coefficient (Wildman–Crippen LogP) is 2.91. The van der Waals surface area contributed by atoms with Gasteiger partial charge in [0.15, 0.2) is 11.9 Å². The number of piperidine rings is 2. The van der Waals surface area contributed by atoms with Gasteiger partial charge in [-0.2, -0.15) is 0 Å². The summed E-state index contributed by atoms with van der Waals surface area (Å²) in [6.45, 7) is 3.84. The Morgan fingerprint density at radius 1 is 0.972 bits per heavy atom. The molecule has 10 nitrogen and oxygen atoms in total. The number of hydrogen-bond acceptors (Lipinski definition) is 6. The van der Waals surface area contributed by atoms with E-state index in [-0.39, 0.29) is 35.6 Å². The van der Waals surface area contributed by atoms with Crippen LogP contribution in [0.1, 0.15) is 53.3 Å². The van der Waals surface area contributed by atoms with Gasteiger partial charge in [0.2, 0.25) is 0 Å². The molecule has 1 aromatic heterocycles. The molecule has 10 heteroatoms. The molecular weight excluding hydrogens is 464 g/mol. The maximum atomic E-state index is 13.1. The Hall–Kier alpha value is -3.82. The van der Waals surface area contributed by atoms with Crippen LogP contribution in [0.2, 0.25) is 0 Å². The van der Waals surface area contributed by atoms with Crippen molar-refractivity contribution in [2.24, 2.45) is 5.92 Å². The third-order valence-electron chi connectivity index (χ3n) is 7.23. The minimum absolute atomic E-state index is 0.0143. The van der Waals surface area contributed by atoms with E-state index in [0.717, 1.165) is 0 Å². The van der Waals surface area contributed by atoms with Gasteiger partial charge in [0.05, 0.1) is 17.5 Å². The number of ether oxygens (including phenoxy) is 1. The molecule has 1 unspecified atom stereocenters. The SMILES string of the molecule is CC1Oc2ccc(C(=O)C3CCN(C(=O)NC4CCN(C(=O)c5ccoc5)CC4)CC3)cc2NC1=O. The van der Waals surface area contributed by atoms with Gasteiger partial charge in [-0.1, -0.05) is 0 Å². The summed E-state index contributed by atoms with van der Waals surface area (Å²) >= 11 is 0. The summed E-state index contributed by atoms with van der Waals surface area (Å²) < 4.78 is 10.6. The molecule has 2 aromatic rings. The smallest absolute Gasteiger partial charge is 0.317 e. The molecule has 2 saturated heterocycles. The van der Waals surface area contributed by atoms with Gasteiger partial charge in [0.25, 0.3) is 11.8 Å². The lowest BCUT2D eigenvalue weighted by molar-refractivity contribution is -0.122. The average Bonchev–Trinajstić information content (AvgIpc) is 3.44. The average molecular weight is 495 g/mol. The second-order valence-electron chi connectivity index (χ2n) is 9.61. The lowest BCUT2D eigenvalue weighted by Crippen LogP contribution is -2.52. The van der Waals surface area contributed by atoms with Gasteiger partial charge < -0.3 is 29.6 Å². The lowest BCUT2D eigenvalue weighted by Gasteiger charge is -2.35. The van der Waals surface area contributed by atoms with Crippen molar-refractivity contribution in [1.29, 1.82) is 0 Å². The highest BCUT2D eigenvalue weighted by atomic mass is 16.5. The number of carbonyl (C=O) groups is 4. The molecule has 190 valence electrons. The molecule has 0 spiro atoms. The van der Waals surface area contributed by atoms with E-state index in [2.05, 4.69) is 10.6 Å². The van der Waals surface area contributed by atoms with E-state index in [4.69, 9.17) is 9.15 Å². The Balaban J connectivity index is 1.09. The van der Waals surface area contributed by atoms with Gasteiger partial charge >= 0.3 is 6.03 Å². The van der Waals surface area contributed by atoms with Gasteiger partial charge in [-0.25, -0.2) is 4.79 Å². The van der Waals surface area contributed by atoms with Crippen molar-refractivity contribution < 1.29 is 28.3 Å². The zero-order valence-corrected chi connectivity index (χ0v) is 20.2. The summed E-state index contributed by atoms with van der Waals surface area (Å²) in [5.41, 5.74) is 1.59. The number of furan rings is 1. The van der Waals surface area contributed by atoms with E-state index in [0.29, 0.717) is 74.4 Å². The number of fused-ring (bicyclic) bond motifs is 1. The minimum Gasteiger partial charge on any atom is -0.479 e. The van der Waals surface area contributed by atoms with Crippen LogP contribution in [0.4, 0.5) is 10.5 Å². The second-order valence-corrected chi connectivity index (χ2v) is 9.61. The Morgan fingerprint density at radius 2 is 1.69 bits per heavy atom. The van der Waals surface area contributed by atoms with Gasteiger partial charge in [-0.05, 0) is 56.9 Å². The van der Waals surface area contributed by atoms with Crippen LogP contribution >= 0.6 is 0 Å². The topological polar surface area (TPSA) is 121 Å². The van der Waals surface area contributed by atoms with E-state index in [9.17, 15) is 19.2 Å². The maximum Gasteiger partial charge on any atom is 0.317 e. The van der Waals surface area contributed by atoms with Crippen molar-refractivity contribution in [3.63, 3.8) is 0 Å². The first-order valence-corrected chi connectivity index (χ1v) is 12.4. The van der Waals surface area contributed by atoms with Crippen LogP contribution in [0.5, 0.6) is 5.75 Å². The zero-order valence-electron chi connectivity index (χ0n) is 20.2. The highest BCUT2D eigenvalue weighted by Crippen LogP contribution is 2.32. The summed E-state index contributed by atoms with van der Waals surface area (Å²) in [6.07, 6.45) is 4.93. The highest BCUT2D eigenvalue weighted by molar-refractivity contribution is 6.02. The molecule has 4 heterocycles. The van der Waals surface area contributed by atoms with Crippen LogP contribution < -0.4 is 15.4 Å². The van der Waals surface area contributed by atoms with E-state index in [1.54, 1.807) is 41.0 Å². The summed E-state index contributed by atoms with van der Waals surface area (Å²) in [7, 11) is 0. The number of nitrogens with zero attached hydrogens (tertiary/aromatic N) is 2. The molecule has 36 heavy (non-hydrogen) atoms. The first-order valence-electron chi connectivity index (χ1n) is 12.4. The summed E-state index contributed by atoms with van der Waals surface area (Å²) in [6, 6.07) is 6.67. The van der Waals surface area contributed by atoms with Crippen LogP contribution in [0, 0.1) is 5.92 Å². The van der Waals surface area contributed by atoms with Crippen molar-refractivity contribution in [3.8, 4) is 5.75 Å². The molecule has 3 aliphatic heterocycles. The summed E-state index contributed by atoms with van der Waals surface area (Å²) in [4.78, 5) is 53.8. The standard InChI is InChI=1S/C26H30N4O6/c1-16-24(32)28-21-14-18(2-3-22(21)36-16)23(31)17-4-9-30(10-5-17)26(34)27-20-6-11-29(12-7-20)25(33)19-8-13-35-15-19/h2-3,8,13-17,20H,4-7,9-12H2,1H3,(H,27,34)(H,28,32). The Bertz CT molecular complexity index is 1150. The number of amides is 4. The number of carbonyl (C=O) groups excluding carboxylic acids is 4. The lowest BCUT2D eigenvalue weighted by atomic mass is 9.88. The third kappa shape index (κ3) is 4.93. The number of benzene rings is 1. The van der Waals surface area contributed by atoms with Gasteiger partial charge in [0, 0.05) is 43.7 Å². The van der Waals surface area contributed by atoms with Crippen LogP contribution in [-0.2, 0) is 4.79 Å². The number of Topliss-reactive ketones (excluding diaryl/α,β-unsaturated/α-hetero) is 1. The van der Waals surface area contributed by atoms with Gasteiger partial charge in [-0.15, -0.1) is 0 Å². The molecule has 3 aliphatic rings. The number of rotatable bonds is 4. The molecule has 1 atom stereocenters. The summed E-state index contributed by atoms with van der Waals surface area (Å²) in [5.74, 6) is 0.107.